The number of nitrogens with zero attached hydrogens (tertiary/aromatic N) is 2. The first-order valence-electron chi connectivity index (χ1n) is 8.23. The molecule has 0 spiro atoms. The molecule has 0 bridgehead atoms. The van der Waals surface area contributed by atoms with Gasteiger partial charge in [-0.2, -0.15) is 5.26 Å². The van der Waals surface area contributed by atoms with Crippen molar-refractivity contribution in [3.63, 3.8) is 0 Å². The Labute approximate surface area is 151 Å². The first-order chi connectivity index (χ1) is 12.3. The third-order valence-electron chi connectivity index (χ3n) is 5.16. The number of carbonyl (C=O) groups excluding carboxylic acids is 1. The van der Waals surface area contributed by atoms with Crippen molar-refractivity contribution in [2.24, 2.45) is 5.92 Å². The molecule has 0 unspecified atom stereocenters. The van der Waals surface area contributed by atoms with Crippen molar-refractivity contribution >= 4 is 11.9 Å². The molecule has 3 rings (SSSR count). The van der Waals surface area contributed by atoms with E-state index in [0.29, 0.717) is 0 Å². The van der Waals surface area contributed by atoms with Crippen molar-refractivity contribution in [1.82, 2.24) is 10.2 Å². The smallest absolute Gasteiger partial charge is 0.234 e. The fourth-order valence-corrected chi connectivity index (χ4v) is 3.22. The monoisotopic (exact) mass is 350 g/mol. The number of rotatable bonds is 2. The molecule has 1 amide bonds. The van der Waals surface area contributed by atoms with Gasteiger partial charge >= 0.3 is 0 Å². The Balaban J connectivity index is 2.06. The molecule has 1 aliphatic rings. The largest absolute Gasteiger partial charge is 0.346 e. The van der Waals surface area contributed by atoms with Gasteiger partial charge in [-0.25, -0.2) is 4.39 Å². The van der Waals surface area contributed by atoms with Gasteiger partial charge in [-0.15, -0.1) is 0 Å². The van der Waals surface area contributed by atoms with E-state index in [4.69, 9.17) is 10.7 Å². The van der Waals surface area contributed by atoms with Crippen molar-refractivity contribution in [3.05, 3.63) is 59.4 Å². The van der Waals surface area contributed by atoms with Crippen molar-refractivity contribution in [1.29, 1.82) is 10.7 Å². The summed E-state index contributed by atoms with van der Waals surface area (Å²) in [4.78, 5) is 13.8. The zero-order chi connectivity index (χ0) is 19.1. The maximum Gasteiger partial charge on any atom is 0.234 e. The summed E-state index contributed by atoms with van der Waals surface area (Å²) in [5.74, 6) is -1.01. The minimum absolute atomic E-state index is 0.0122. The summed E-state index contributed by atoms with van der Waals surface area (Å²) in [5.41, 5.74) is 1.62. The molecule has 0 aromatic heterocycles. The fraction of sp³-hybridized carbons (Fsp3) is 0.250. The molecule has 1 heterocycles. The summed E-state index contributed by atoms with van der Waals surface area (Å²) in [5, 5.41) is 20.2. The molecule has 0 saturated carbocycles. The molecule has 1 saturated heterocycles. The number of amides is 1. The van der Waals surface area contributed by atoms with E-state index in [9.17, 15) is 9.18 Å². The SMILES string of the molecule is C[C@@H]1C(=O)N(C)C(=N)N[C@]1(C)c1cccc(-c2ccc(F)c(C#N)c2)c1. The van der Waals surface area contributed by atoms with E-state index in [0.717, 1.165) is 16.7 Å². The van der Waals surface area contributed by atoms with E-state index >= 15 is 0 Å². The van der Waals surface area contributed by atoms with Gasteiger partial charge in [-0.3, -0.25) is 15.1 Å². The summed E-state index contributed by atoms with van der Waals surface area (Å²) in [6, 6.07) is 13.8. The molecule has 1 fully saturated rings. The molecule has 0 radical (unpaired) electrons. The predicted molar refractivity (Wildman–Crippen MR) is 96.7 cm³/mol. The van der Waals surface area contributed by atoms with Crippen LogP contribution in [0.5, 0.6) is 0 Å². The second-order valence-electron chi connectivity index (χ2n) is 6.68. The lowest BCUT2D eigenvalue weighted by atomic mass is 9.77. The van der Waals surface area contributed by atoms with Crippen molar-refractivity contribution in [3.8, 4) is 17.2 Å². The van der Waals surface area contributed by atoms with Crippen LogP contribution >= 0.6 is 0 Å². The third kappa shape index (κ3) is 2.72. The fourth-order valence-electron chi connectivity index (χ4n) is 3.22. The highest BCUT2D eigenvalue weighted by atomic mass is 19.1. The van der Waals surface area contributed by atoms with E-state index in [1.165, 1.54) is 17.0 Å². The van der Waals surface area contributed by atoms with E-state index < -0.39 is 11.4 Å². The number of hydrogen-bond acceptors (Lipinski definition) is 3. The lowest BCUT2D eigenvalue weighted by Crippen LogP contribution is -2.62. The van der Waals surface area contributed by atoms with Crippen LogP contribution in [0.3, 0.4) is 0 Å². The molecular formula is C20H19FN4O. The van der Waals surface area contributed by atoms with Gasteiger partial charge in [-0.05, 0) is 41.8 Å². The van der Waals surface area contributed by atoms with Crippen LogP contribution in [0, 0.1) is 28.5 Å². The van der Waals surface area contributed by atoms with Crippen molar-refractivity contribution in [2.45, 2.75) is 19.4 Å². The van der Waals surface area contributed by atoms with Crippen LogP contribution in [-0.4, -0.2) is 23.8 Å². The van der Waals surface area contributed by atoms with Crippen LogP contribution in [0.25, 0.3) is 11.1 Å². The predicted octanol–water partition coefficient (Wildman–Crippen LogP) is 3.21. The molecule has 2 aromatic rings. The van der Waals surface area contributed by atoms with Crippen molar-refractivity contribution < 1.29 is 9.18 Å². The maximum atomic E-state index is 13.6. The highest BCUT2D eigenvalue weighted by molar-refractivity contribution is 6.00. The Morgan fingerprint density at radius 3 is 2.65 bits per heavy atom. The van der Waals surface area contributed by atoms with Gasteiger partial charge in [0.1, 0.15) is 11.9 Å². The standard InChI is InChI=1S/C20H19FN4O/c1-12-18(26)25(3)19(23)24-20(12,2)16-6-4-5-13(10-16)14-7-8-17(21)15(9-14)11-22/h4-10,12H,1-3H3,(H2,23,24)/t12-,20+/m1/s1. The Bertz CT molecular complexity index is 949. The van der Waals surface area contributed by atoms with E-state index in [-0.39, 0.29) is 23.3 Å². The van der Waals surface area contributed by atoms with Crippen LogP contribution in [0.1, 0.15) is 25.0 Å². The van der Waals surface area contributed by atoms with Crippen LogP contribution in [0.15, 0.2) is 42.5 Å². The number of benzene rings is 2. The van der Waals surface area contributed by atoms with Gasteiger partial charge < -0.3 is 5.32 Å². The van der Waals surface area contributed by atoms with E-state index in [1.807, 2.05) is 44.2 Å². The topological polar surface area (TPSA) is 80.0 Å². The summed E-state index contributed by atoms with van der Waals surface area (Å²) in [7, 11) is 1.58. The minimum Gasteiger partial charge on any atom is -0.346 e. The normalized spacial score (nSPS) is 22.7. The number of hydrogen-bond donors (Lipinski definition) is 2. The Morgan fingerprint density at radius 1 is 1.27 bits per heavy atom. The van der Waals surface area contributed by atoms with Crippen LogP contribution in [-0.2, 0) is 10.3 Å². The second kappa shape index (κ2) is 6.26. The highest BCUT2D eigenvalue weighted by Gasteiger charge is 2.44. The van der Waals surface area contributed by atoms with Gasteiger partial charge in [0.25, 0.3) is 0 Å². The molecule has 2 N–H and O–H groups in total. The molecule has 6 heteroatoms. The molecule has 5 nitrogen and oxygen atoms in total. The summed E-state index contributed by atoms with van der Waals surface area (Å²) >= 11 is 0. The van der Waals surface area contributed by atoms with E-state index in [2.05, 4.69) is 5.32 Å². The second-order valence-corrected chi connectivity index (χ2v) is 6.68. The molecule has 132 valence electrons. The van der Waals surface area contributed by atoms with Gasteiger partial charge in [-0.1, -0.05) is 31.2 Å². The number of nitrogens with one attached hydrogen (secondary N) is 2. The summed E-state index contributed by atoms with van der Waals surface area (Å²) in [6.07, 6.45) is 0. The van der Waals surface area contributed by atoms with Gasteiger partial charge in [0, 0.05) is 7.05 Å². The number of nitriles is 1. The number of guanidine groups is 1. The van der Waals surface area contributed by atoms with Crippen LogP contribution in [0.4, 0.5) is 4.39 Å². The van der Waals surface area contributed by atoms with E-state index in [1.54, 1.807) is 13.1 Å². The Kier molecular flexibility index (Phi) is 4.25. The first kappa shape index (κ1) is 17.6. The van der Waals surface area contributed by atoms with Gasteiger partial charge in [0.2, 0.25) is 5.91 Å². The average Bonchev–Trinajstić information content (AvgIpc) is 2.65. The van der Waals surface area contributed by atoms with Crippen molar-refractivity contribution in [2.75, 3.05) is 7.05 Å². The Hall–Kier alpha value is -3.20. The van der Waals surface area contributed by atoms with Gasteiger partial charge in [0.05, 0.1) is 17.0 Å². The molecule has 2 atom stereocenters. The maximum absolute atomic E-state index is 13.6. The molecule has 2 aromatic carbocycles. The average molecular weight is 350 g/mol. The zero-order valence-electron chi connectivity index (χ0n) is 14.8. The van der Waals surface area contributed by atoms with Gasteiger partial charge in [0.15, 0.2) is 5.96 Å². The third-order valence-corrected chi connectivity index (χ3v) is 5.16. The number of halogens is 1. The molecular weight excluding hydrogens is 331 g/mol. The first-order valence-corrected chi connectivity index (χ1v) is 8.23. The highest BCUT2D eigenvalue weighted by Crippen LogP contribution is 2.35. The molecule has 1 aliphatic heterocycles. The molecule has 26 heavy (non-hydrogen) atoms. The minimum atomic E-state index is -0.741. The number of carbonyl (C=O) groups is 1. The zero-order valence-corrected chi connectivity index (χ0v) is 14.8. The molecule has 0 aliphatic carbocycles. The lowest BCUT2D eigenvalue weighted by molar-refractivity contribution is -0.134. The Morgan fingerprint density at radius 2 is 1.96 bits per heavy atom. The summed E-state index contributed by atoms with van der Waals surface area (Å²) in [6.45, 7) is 3.72. The van der Waals surface area contributed by atoms with Crippen LogP contribution < -0.4 is 5.32 Å². The quantitative estimate of drug-likeness (QED) is 0.873. The van der Waals surface area contributed by atoms with Crippen LogP contribution in [0.2, 0.25) is 0 Å². The lowest BCUT2D eigenvalue weighted by Gasteiger charge is -2.44. The summed E-state index contributed by atoms with van der Waals surface area (Å²) < 4.78 is 13.6.